The van der Waals surface area contributed by atoms with Gasteiger partial charge in [-0.25, -0.2) is 0 Å². The van der Waals surface area contributed by atoms with Crippen molar-refractivity contribution >= 4 is 58.0 Å². The zero-order valence-corrected chi connectivity index (χ0v) is 14.4. The summed E-state index contributed by atoms with van der Waals surface area (Å²) in [5.74, 6) is -1.74. The molecule has 0 N–H and O–H groups in total. The highest BCUT2D eigenvalue weighted by Crippen LogP contribution is 2.73. The standard InChI is InChI=1S/C16H12Cl4O2/c17-13-7-1-2-8(5-7)14(13,18)12(22)16(20)10-4-3-9(6-10)15(16,19)11(13)21/h1-4,7-10H,5-6H2/t7-,8-,9-,10-,13-,14-,15-,16+/m0/s1. The number of rotatable bonds is 0. The van der Waals surface area contributed by atoms with Crippen LogP contribution in [-0.2, 0) is 9.59 Å². The average Bonchev–Trinajstić information content (AvgIpc) is 3.23. The van der Waals surface area contributed by atoms with Crippen LogP contribution >= 0.6 is 46.4 Å². The lowest BCUT2D eigenvalue weighted by molar-refractivity contribution is -0.141. The van der Waals surface area contributed by atoms with Crippen LogP contribution in [0.3, 0.4) is 0 Å². The van der Waals surface area contributed by atoms with E-state index in [4.69, 9.17) is 46.4 Å². The van der Waals surface area contributed by atoms with Crippen LogP contribution < -0.4 is 0 Å². The van der Waals surface area contributed by atoms with Gasteiger partial charge in [0, 0.05) is 23.7 Å². The van der Waals surface area contributed by atoms with Crippen LogP contribution in [0.2, 0.25) is 0 Å². The SMILES string of the molecule is O=C1[C@@]2(Cl)[C@H]3C=C[C@@H](C3)[C@]2(Cl)C(=O)[C@]2(Cl)[C@H]3C=C[C@@H](C3)[C@]12Cl. The predicted octanol–water partition coefficient (Wildman–Crippen LogP) is 3.46. The number of Topliss-reactive ketones (excluding diaryl/α,β-unsaturated/α-hetero) is 2. The first kappa shape index (κ1) is 14.3. The summed E-state index contributed by atoms with van der Waals surface area (Å²) >= 11 is 27.2. The van der Waals surface area contributed by atoms with E-state index in [-0.39, 0.29) is 35.2 Å². The lowest BCUT2D eigenvalue weighted by Gasteiger charge is -2.56. The van der Waals surface area contributed by atoms with Crippen molar-refractivity contribution in [1.82, 2.24) is 0 Å². The van der Waals surface area contributed by atoms with Gasteiger partial charge >= 0.3 is 0 Å². The number of hydrogen-bond donors (Lipinski definition) is 0. The monoisotopic (exact) mass is 376 g/mol. The Hall–Kier alpha value is -0.0200. The molecule has 0 heterocycles. The Bertz CT molecular complexity index is 605. The molecule has 4 bridgehead atoms. The fourth-order valence-corrected chi connectivity index (χ4v) is 7.77. The van der Waals surface area contributed by atoms with Crippen LogP contribution in [0.1, 0.15) is 12.8 Å². The molecule has 0 amide bonds. The molecule has 0 spiro atoms. The molecule has 0 radical (unpaired) electrons. The first-order valence-corrected chi connectivity index (χ1v) is 8.96. The van der Waals surface area contributed by atoms with Gasteiger partial charge in [-0.1, -0.05) is 24.3 Å². The molecule has 5 aliphatic rings. The highest BCUT2D eigenvalue weighted by molar-refractivity contribution is 6.64. The Labute approximate surface area is 147 Å². The van der Waals surface area contributed by atoms with E-state index in [9.17, 15) is 9.59 Å². The van der Waals surface area contributed by atoms with Crippen molar-refractivity contribution in [1.29, 1.82) is 0 Å². The van der Waals surface area contributed by atoms with Gasteiger partial charge in [0.2, 0.25) is 0 Å². The fraction of sp³-hybridized carbons (Fsp3) is 0.625. The molecule has 22 heavy (non-hydrogen) atoms. The number of allylic oxidation sites excluding steroid dienone is 4. The van der Waals surface area contributed by atoms with Crippen LogP contribution in [0, 0.1) is 23.7 Å². The molecule has 5 aliphatic carbocycles. The molecule has 0 aliphatic heterocycles. The summed E-state index contributed by atoms with van der Waals surface area (Å²) in [4.78, 5) is 20.9. The van der Waals surface area contributed by atoms with Crippen LogP contribution in [-0.4, -0.2) is 31.1 Å². The quantitative estimate of drug-likeness (QED) is 0.478. The normalized spacial score (nSPS) is 63.6. The molecule has 116 valence electrons. The van der Waals surface area contributed by atoms with Gasteiger partial charge in [-0.2, -0.15) is 0 Å². The second-order valence-corrected chi connectivity index (χ2v) is 9.56. The second kappa shape index (κ2) is 3.64. The van der Waals surface area contributed by atoms with E-state index in [1.54, 1.807) is 0 Å². The zero-order chi connectivity index (χ0) is 15.7. The molecule has 0 aromatic rings. The smallest absolute Gasteiger partial charge is 0.180 e. The van der Waals surface area contributed by atoms with Gasteiger partial charge in [-0.3, -0.25) is 9.59 Å². The number of alkyl halides is 4. The topological polar surface area (TPSA) is 34.1 Å². The first-order valence-electron chi connectivity index (χ1n) is 7.45. The van der Waals surface area contributed by atoms with Crippen molar-refractivity contribution in [3.05, 3.63) is 24.3 Å². The van der Waals surface area contributed by atoms with E-state index in [1.807, 2.05) is 24.3 Å². The van der Waals surface area contributed by atoms with Crippen molar-refractivity contribution in [3.8, 4) is 0 Å². The average molecular weight is 378 g/mol. The number of carbonyl (C=O) groups is 2. The van der Waals surface area contributed by atoms with Gasteiger partial charge in [0.25, 0.3) is 0 Å². The van der Waals surface area contributed by atoms with E-state index in [0.717, 1.165) is 0 Å². The summed E-state index contributed by atoms with van der Waals surface area (Å²) < 4.78 is 0. The van der Waals surface area contributed by atoms with Gasteiger partial charge in [-0.15, -0.1) is 46.4 Å². The molecule has 3 saturated carbocycles. The Morgan fingerprint density at radius 2 is 0.864 bits per heavy atom. The number of hydrogen-bond acceptors (Lipinski definition) is 2. The fourth-order valence-electron chi connectivity index (χ4n) is 5.52. The molecule has 0 saturated heterocycles. The summed E-state index contributed by atoms with van der Waals surface area (Å²) in [6.07, 6.45) is 8.80. The highest BCUT2D eigenvalue weighted by Gasteiger charge is 2.87. The number of fused-ring (bicyclic) bond motifs is 10. The molecular formula is C16H12Cl4O2. The Morgan fingerprint density at radius 1 is 0.636 bits per heavy atom. The molecule has 0 aromatic heterocycles. The van der Waals surface area contributed by atoms with Crippen LogP contribution in [0.25, 0.3) is 0 Å². The van der Waals surface area contributed by atoms with E-state index in [0.29, 0.717) is 12.8 Å². The maximum Gasteiger partial charge on any atom is 0.180 e. The van der Waals surface area contributed by atoms with E-state index >= 15 is 0 Å². The predicted molar refractivity (Wildman–Crippen MR) is 85.8 cm³/mol. The van der Waals surface area contributed by atoms with E-state index in [1.165, 1.54) is 0 Å². The summed E-state index contributed by atoms with van der Waals surface area (Å²) in [5, 5.41) is 0. The molecule has 0 unspecified atom stereocenters. The van der Waals surface area contributed by atoms with Crippen molar-refractivity contribution in [2.75, 3.05) is 0 Å². The molecule has 2 nitrogen and oxygen atoms in total. The Morgan fingerprint density at radius 3 is 1.09 bits per heavy atom. The van der Waals surface area contributed by atoms with Gasteiger partial charge in [0.1, 0.15) is 19.5 Å². The lowest BCUT2D eigenvalue weighted by Crippen LogP contribution is -2.78. The van der Waals surface area contributed by atoms with Crippen LogP contribution in [0.4, 0.5) is 0 Å². The molecule has 6 heteroatoms. The maximum atomic E-state index is 13.4. The maximum absolute atomic E-state index is 13.4. The summed E-state index contributed by atoms with van der Waals surface area (Å²) in [7, 11) is 0. The van der Waals surface area contributed by atoms with Crippen molar-refractivity contribution < 1.29 is 9.59 Å². The van der Waals surface area contributed by atoms with Gasteiger partial charge in [-0.05, 0) is 12.8 Å². The molecule has 8 atom stereocenters. The third-order valence-electron chi connectivity index (χ3n) is 6.59. The largest absolute Gasteiger partial charge is 0.295 e. The van der Waals surface area contributed by atoms with Gasteiger partial charge in [0.05, 0.1) is 0 Å². The summed E-state index contributed by atoms with van der Waals surface area (Å²) in [6.45, 7) is 0. The Kier molecular flexibility index (Phi) is 2.37. The minimum Gasteiger partial charge on any atom is -0.295 e. The summed E-state index contributed by atoms with van der Waals surface area (Å²) in [5.41, 5.74) is 0. The Balaban J connectivity index is 1.84. The lowest BCUT2D eigenvalue weighted by atomic mass is 9.58. The van der Waals surface area contributed by atoms with Gasteiger partial charge < -0.3 is 0 Å². The summed E-state index contributed by atoms with van der Waals surface area (Å²) in [6, 6.07) is 0. The third-order valence-corrected chi connectivity index (χ3v) is 9.79. The van der Waals surface area contributed by atoms with E-state index in [2.05, 4.69) is 0 Å². The minimum absolute atomic E-state index is 0.256. The van der Waals surface area contributed by atoms with Gasteiger partial charge in [0.15, 0.2) is 11.6 Å². The molecule has 0 aromatic carbocycles. The van der Waals surface area contributed by atoms with Crippen molar-refractivity contribution in [2.24, 2.45) is 23.7 Å². The number of carbonyl (C=O) groups excluding carboxylic acids is 2. The molecule has 3 fully saturated rings. The van der Waals surface area contributed by atoms with Crippen LogP contribution in [0.5, 0.6) is 0 Å². The number of halogens is 4. The van der Waals surface area contributed by atoms with Crippen LogP contribution in [0.15, 0.2) is 24.3 Å². The third kappa shape index (κ3) is 1.02. The van der Waals surface area contributed by atoms with Crippen molar-refractivity contribution in [2.45, 2.75) is 32.3 Å². The zero-order valence-electron chi connectivity index (χ0n) is 11.4. The van der Waals surface area contributed by atoms with Crippen molar-refractivity contribution in [3.63, 3.8) is 0 Å². The minimum atomic E-state index is -1.48. The first-order chi connectivity index (χ1) is 10.2. The highest BCUT2D eigenvalue weighted by atomic mass is 35.5. The molecule has 5 rings (SSSR count). The van der Waals surface area contributed by atoms with E-state index < -0.39 is 19.5 Å². The molecular weight excluding hydrogens is 366 g/mol. The second-order valence-electron chi connectivity index (χ2n) is 7.17. The number of ketones is 2.